The predicted octanol–water partition coefficient (Wildman–Crippen LogP) is 3.37. The van der Waals surface area contributed by atoms with Crippen molar-refractivity contribution < 1.29 is 9.57 Å². The molecule has 0 aliphatic rings. The number of allylic oxidation sites excluding steroid dienone is 1. The minimum absolute atomic E-state index is 0.627. The fourth-order valence-electron chi connectivity index (χ4n) is 1.48. The number of rotatable bonds is 9. The average molecular weight is 314 g/mol. The number of hydrogen-bond acceptors (Lipinski definition) is 3. The van der Waals surface area contributed by atoms with Gasteiger partial charge >= 0.3 is 0 Å². The lowest BCUT2D eigenvalue weighted by Gasteiger charge is -2.11. The third-order valence-corrected chi connectivity index (χ3v) is 2.67. The normalized spacial score (nSPS) is 11.6. The van der Waals surface area contributed by atoms with Crippen LogP contribution < -0.4 is 5.48 Å². The Morgan fingerprint density at radius 1 is 1.28 bits per heavy atom. The Morgan fingerprint density at radius 3 is 2.72 bits per heavy atom. The molecule has 0 saturated carbocycles. The molecule has 0 aliphatic heterocycles. The molecule has 0 radical (unpaired) electrons. The van der Waals surface area contributed by atoms with Crippen molar-refractivity contribution in [1.82, 2.24) is 5.48 Å². The maximum absolute atomic E-state index is 5.36. The third-order valence-electron chi connectivity index (χ3n) is 2.35. The highest BCUT2D eigenvalue weighted by molar-refractivity contribution is 9.09. The molecule has 1 aromatic rings. The Labute approximate surface area is 117 Å². The number of unbranched alkanes of at least 4 members (excludes halogenated alkanes) is 1. The fraction of sp³-hybridized carbons (Fsp3) is 0.429. The molecule has 0 bridgehead atoms. The number of nitrogens with one attached hydrogen (secondary N) is 1. The monoisotopic (exact) mass is 313 g/mol. The summed E-state index contributed by atoms with van der Waals surface area (Å²) in [5, 5.41) is 0.811. The van der Waals surface area contributed by atoms with Crippen LogP contribution in [-0.4, -0.2) is 25.7 Å². The largest absolute Gasteiger partial charge is 0.385 e. The molecule has 100 valence electrons. The first-order chi connectivity index (χ1) is 8.88. The summed E-state index contributed by atoms with van der Waals surface area (Å²) >= 11 is 3.33. The number of halogens is 1. The first kappa shape index (κ1) is 15.2. The van der Waals surface area contributed by atoms with Crippen LogP contribution in [0.25, 0.3) is 5.70 Å². The summed E-state index contributed by atoms with van der Waals surface area (Å²) in [4.78, 5) is 5.36. The Hall–Kier alpha value is -0.840. The van der Waals surface area contributed by atoms with Gasteiger partial charge in [-0.25, -0.2) is 0 Å². The molecule has 0 saturated heterocycles. The summed E-state index contributed by atoms with van der Waals surface area (Å²) in [7, 11) is 1.72. The molecular formula is C14H20BrNO2. The van der Waals surface area contributed by atoms with Crippen molar-refractivity contribution in [3.05, 3.63) is 42.0 Å². The second kappa shape index (κ2) is 10.1. The van der Waals surface area contributed by atoms with E-state index in [1.54, 1.807) is 7.11 Å². The Kier molecular flexibility index (Phi) is 8.55. The first-order valence-electron chi connectivity index (χ1n) is 6.06. The van der Waals surface area contributed by atoms with E-state index in [1.807, 2.05) is 18.2 Å². The molecule has 0 aliphatic carbocycles. The smallest absolute Gasteiger partial charge is 0.0842 e. The number of hydrogen-bond donors (Lipinski definition) is 1. The van der Waals surface area contributed by atoms with Gasteiger partial charge in [-0.15, -0.1) is 0 Å². The van der Waals surface area contributed by atoms with E-state index in [1.165, 1.54) is 0 Å². The van der Waals surface area contributed by atoms with Crippen molar-refractivity contribution in [1.29, 1.82) is 0 Å². The number of ether oxygens (including phenoxy) is 1. The zero-order valence-electron chi connectivity index (χ0n) is 10.7. The van der Waals surface area contributed by atoms with Gasteiger partial charge in [0.05, 0.1) is 12.3 Å². The molecule has 1 aromatic carbocycles. The van der Waals surface area contributed by atoms with Crippen molar-refractivity contribution in [2.24, 2.45) is 0 Å². The molecular weight excluding hydrogens is 294 g/mol. The standard InChI is InChI=1S/C14H20BrNO2/c1-17-11-6-5-9-14(16-18-12-10-15)13-7-3-2-4-8-13/h2-4,7-9,16H,5-6,10-12H2,1H3. The van der Waals surface area contributed by atoms with Gasteiger partial charge in [0.1, 0.15) is 0 Å². The minimum Gasteiger partial charge on any atom is -0.385 e. The lowest BCUT2D eigenvalue weighted by Crippen LogP contribution is -2.14. The number of hydroxylamine groups is 1. The molecule has 0 atom stereocenters. The highest BCUT2D eigenvalue weighted by atomic mass is 79.9. The van der Waals surface area contributed by atoms with E-state index in [0.29, 0.717) is 6.61 Å². The lowest BCUT2D eigenvalue weighted by molar-refractivity contribution is 0.0925. The molecule has 0 heterocycles. The summed E-state index contributed by atoms with van der Waals surface area (Å²) in [6.45, 7) is 1.41. The quantitative estimate of drug-likeness (QED) is 0.431. The summed E-state index contributed by atoms with van der Waals surface area (Å²) in [5.41, 5.74) is 5.14. The number of alkyl halides is 1. The summed E-state index contributed by atoms with van der Waals surface area (Å²) in [5.74, 6) is 0. The van der Waals surface area contributed by atoms with Crippen LogP contribution in [0, 0.1) is 0 Å². The Balaban J connectivity index is 2.57. The molecule has 1 N–H and O–H groups in total. The van der Waals surface area contributed by atoms with Gasteiger partial charge in [-0.05, 0) is 18.4 Å². The summed E-state index contributed by atoms with van der Waals surface area (Å²) in [6, 6.07) is 10.2. The van der Waals surface area contributed by atoms with Crippen molar-refractivity contribution in [3.63, 3.8) is 0 Å². The second-order valence-corrected chi connectivity index (χ2v) is 4.55. The Bertz CT molecular complexity index is 341. The van der Waals surface area contributed by atoms with Crippen LogP contribution in [0.4, 0.5) is 0 Å². The molecule has 18 heavy (non-hydrogen) atoms. The molecule has 1 rings (SSSR count). The maximum Gasteiger partial charge on any atom is 0.0842 e. The fourth-order valence-corrected chi connectivity index (χ4v) is 1.64. The van der Waals surface area contributed by atoms with E-state index >= 15 is 0 Å². The molecule has 0 unspecified atom stereocenters. The van der Waals surface area contributed by atoms with Gasteiger partial charge in [-0.1, -0.05) is 52.3 Å². The van der Waals surface area contributed by atoms with E-state index in [9.17, 15) is 0 Å². The van der Waals surface area contributed by atoms with Gasteiger partial charge in [-0.3, -0.25) is 10.3 Å². The highest BCUT2D eigenvalue weighted by Gasteiger charge is 2.00. The summed E-state index contributed by atoms with van der Waals surface area (Å²) in [6.07, 6.45) is 4.11. The third kappa shape index (κ3) is 6.19. The SMILES string of the molecule is COCCCC=C(NOCCBr)c1ccccc1. The van der Waals surface area contributed by atoms with Gasteiger partial charge in [0.2, 0.25) is 0 Å². The van der Waals surface area contributed by atoms with Crippen molar-refractivity contribution >= 4 is 21.6 Å². The van der Waals surface area contributed by atoms with Crippen LogP contribution in [0.1, 0.15) is 18.4 Å². The number of benzene rings is 1. The van der Waals surface area contributed by atoms with E-state index in [2.05, 4.69) is 39.6 Å². The topological polar surface area (TPSA) is 30.5 Å². The molecule has 0 aromatic heterocycles. The van der Waals surface area contributed by atoms with Crippen LogP contribution in [0.3, 0.4) is 0 Å². The minimum atomic E-state index is 0.627. The predicted molar refractivity (Wildman–Crippen MR) is 78.4 cm³/mol. The van der Waals surface area contributed by atoms with Crippen LogP contribution >= 0.6 is 15.9 Å². The molecule has 0 amide bonds. The molecule has 4 heteroatoms. The van der Waals surface area contributed by atoms with Gasteiger partial charge in [-0.2, -0.15) is 0 Å². The van der Waals surface area contributed by atoms with Crippen LogP contribution in [0.15, 0.2) is 36.4 Å². The lowest BCUT2D eigenvalue weighted by atomic mass is 10.1. The van der Waals surface area contributed by atoms with Crippen molar-refractivity contribution in [2.45, 2.75) is 12.8 Å². The van der Waals surface area contributed by atoms with E-state index < -0.39 is 0 Å². The van der Waals surface area contributed by atoms with Crippen LogP contribution in [-0.2, 0) is 9.57 Å². The number of methoxy groups -OCH3 is 1. The van der Waals surface area contributed by atoms with E-state index in [0.717, 1.165) is 36.0 Å². The van der Waals surface area contributed by atoms with Crippen LogP contribution in [0.5, 0.6) is 0 Å². The van der Waals surface area contributed by atoms with E-state index in [-0.39, 0.29) is 0 Å². The van der Waals surface area contributed by atoms with Crippen molar-refractivity contribution in [2.75, 3.05) is 25.7 Å². The zero-order chi connectivity index (χ0) is 13.1. The van der Waals surface area contributed by atoms with Crippen LogP contribution in [0.2, 0.25) is 0 Å². The Morgan fingerprint density at radius 2 is 2.06 bits per heavy atom. The summed E-state index contributed by atoms with van der Waals surface area (Å²) < 4.78 is 5.04. The zero-order valence-corrected chi connectivity index (χ0v) is 12.3. The van der Waals surface area contributed by atoms with Gasteiger partial charge in [0.25, 0.3) is 0 Å². The molecule has 3 nitrogen and oxygen atoms in total. The maximum atomic E-state index is 5.36. The highest BCUT2D eigenvalue weighted by Crippen LogP contribution is 2.12. The van der Waals surface area contributed by atoms with Gasteiger partial charge in [0, 0.05) is 19.0 Å². The first-order valence-corrected chi connectivity index (χ1v) is 7.19. The molecule has 0 spiro atoms. The van der Waals surface area contributed by atoms with Gasteiger partial charge in [0.15, 0.2) is 0 Å². The van der Waals surface area contributed by atoms with E-state index in [4.69, 9.17) is 9.57 Å². The van der Waals surface area contributed by atoms with Crippen molar-refractivity contribution in [3.8, 4) is 0 Å². The second-order valence-electron chi connectivity index (χ2n) is 3.76. The average Bonchev–Trinajstić information content (AvgIpc) is 2.42. The van der Waals surface area contributed by atoms with Gasteiger partial charge < -0.3 is 4.74 Å². The molecule has 0 fully saturated rings.